The normalized spacial score (nSPS) is 13.4. The minimum atomic E-state index is -0.00919. The van der Waals surface area contributed by atoms with Gasteiger partial charge in [0, 0.05) is 18.4 Å². The van der Waals surface area contributed by atoms with Gasteiger partial charge in [-0.15, -0.1) is 0 Å². The zero-order valence-electron chi connectivity index (χ0n) is 8.46. The molecule has 1 aromatic heterocycles. The molecule has 0 saturated heterocycles. The van der Waals surface area contributed by atoms with Crippen molar-refractivity contribution in [1.29, 1.82) is 0 Å². The minimum absolute atomic E-state index is 0.00919. The largest absolute Gasteiger partial charge is 0.454 e. The number of Topliss-reactive ketones (excluding diaryl/α,β-unsaturated/α-hetero) is 1. The molecular formula is C11H8BrNO3. The standard InChI is InChI=1S/C11H8BrNO3/c1-5(14)11-10(12)6-2-8-9(16-4-15-8)3-7(6)13-11/h2-3,13H,4H2,1H3. The van der Waals surface area contributed by atoms with Gasteiger partial charge in [0.05, 0.1) is 15.7 Å². The highest BCUT2D eigenvalue weighted by Gasteiger charge is 2.19. The Morgan fingerprint density at radius 3 is 2.75 bits per heavy atom. The predicted octanol–water partition coefficient (Wildman–Crippen LogP) is 2.86. The molecule has 1 N–H and O–H groups in total. The number of carbonyl (C=O) groups is 1. The van der Waals surface area contributed by atoms with E-state index in [0.29, 0.717) is 17.2 Å². The maximum atomic E-state index is 11.4. The summed E-state index contributed by atoms with van der Waals surface area (Å²) in [5, 5.41) is 0.925. The first-order valence-electron chi connectivity index (χ1n) is 4.78. The number of ether oxygens (including phenoxy) is 2. The topological polar surface area (TPSA) is 51.3 Å². The Labute approximate surface area is 99.7 Å². The van der Waals surface area contributed by atoms with Gasteiger partial charge in [0.1, 0.15) is 0 Å². The molecule has 0 spiro atoms. The van der Waals surface area contributed by atoms with Crippen molar-refractivity contribution in [2.45, 2.75) is 6.92 Å². The fourth-order valence-electron chi connectivity index (χ4n) is 1.79. The molecule has 0 bridgehead atoms. The van der Waals surface area contributed by atoms with Crippen molar-refractivity contribution in [2.75, 3.05) is 6.79 Å². The third kappa shape index (κ3) is 1.24. The van der Waals surface area contributed by atoms with E-state index in [1.807, 2.05) is 12.1 Å². The summed E-state index contributed by atoms with van der Waals surface area (Å²) in [6.45, 7) is 1.77. The number of rotatable bonds is 1. The van der Waals surface area contributed by atoms with E-state index in [0.717, 1.165) is 15.4 Å². The number of carbonyl (C=O) groups excluding carboxylic acids is 1. The summed E-state index contributed by atoms with van der Waals surface area (Å²) in [6, 6.07) is 3.71. The van der Waals surface area contributed by atoms with Crippen LogP contribution in [0.1, 0.15) is 17.4 Å². The van der Waals surface area contributed by atoms with Gasteiger partial charge >= 0.3 is 0 Å². The lowest BCUT2D eigenvalue weighted by Crippen LogP contribution is -1.93. The first kappa shape index (κ1) is 9.72. The average Bonchev–Trinajstić information content (AvgIpc) is 2.80. The van der Waals surface area contributed by atoms with E-state index in [1.165, 1.54) is 6.92 Å². The molecule has 16 heavy (non-hydrogen) atoms. The van der Waals surface area contributed by atoms with Gasteiger partial charge in [0.2, 0.25) is 6.79 Å². The number of benzene rings is 1. The molecule has 1 aliphatic heterocycles. The molecule has 0 fully saturated rings. The van der Waals surface area contributed by atoms with Crippen molar-refractivity contribution in [2.24, 2.45) is 0 Å². The van der Waals surface area contributed by atoms with Gasteiger partial charge in [0.25, 0.3) is 0 Å². The van der Waals surface area contributed by atoms with Gasteiger partial charge in [0.15, 0.2) is 17.3 Å². The molecule has 4 nitrogen and oxygen atoms in total. The fraction of sp³-hybridized carbons (Fsp3) is 0.182. The number of aromatic amines is 1. The molecule has 0 atom stereocenters. The second-order valence-electron chi connectivity index (χ2n) is 3.62. The number of ketones is 1. The monoisotopic (exact) mass is 281 g/mol. The molecule has 1 aliphatic rings. The van der Waals surface area contributed by atoms with Crippen LogP contribution in [0.15, 0.2) is 16.6 Å². The molecule has 0 unspecified atom stereocenters. The van der Waals surface area contributed by atoms with E-state index in [-0.39, 0.29) is 12.6 Å². The summed E-state index contributed by atoms with van der Waals surface area (Å²) in [6.07, 6.45) is 0. The van der Waals surface area contributed by atoms with Gasteiger partial charge in [-0.1, -0.05) is 0 Å². The number of fused-ring (bicyclic) bond motifs is 2. The van der Waals surface area contributed by atoms with Gasteiger partial charge in [-0.2, -0.15) is 0 Å². The van der Waals surface area contributed by atoms with Crippen LogP contribution >= 0.6 is 15.9 Å². The first-order valence-corrected chi connectivity index (χ1v) is 5.58. The second-order valence-corrected chi connectivity index (χ2v) is 4.41. The van der Waals surface area contributed by atoms with Crippen molar-refractivity contribution >= 4 is 32.6 Å². The summed E-state index contributed by atoms with van der Waals surface area (Å²) < 4.78 is 11.3. The maximum absolute atomic E-state index is 11.4. The molecule has 0 aliphatic carbocycles. The van der Waals surface area contributed by atoms with Crippen LogP contribution < -0.4 is 9.47 Å². The quantitative estimate of drug-likeness (QED) is 0.818. The molecule has 3 rings (SSSR count). The van der Waals surface area contributed by atoms with Crippen LogP contribution in [0, 0.1) is 0 Å². The lowest BCUT2D eigenvalue weighted by atomic mass is 10.2. The second kappa shape index (κ2) is 3.25. The fourth-order valence-corrected chi connectivity index (χ4v) is 2.50. The zero-order valence-corrected chi connectivity index (χ0v) is 10.1. The van der Waals surface area contributed by atoms with Crippen LogP contribution in [0.4, 0.5) is 0 Å². The number of hydrogen-bond donors (Lipinski definition) is 1. The van der Waals surface area contributed by atoms with E-state index in [1.54, 1.807) is 0 Å². The van der Waals surface area contributed by atoms with E-state index in [2.05, 4.69) is 20.9 Å². The molecular weight excluding hydrogens is 274 g/mol. The average molecular weight is 282 g/mol. The van der Waals surface area contributed by atoms with Crippen LogP contribution in [-0.2, 0) is 0 Å². The van der Waals surface area contributed by atoms with Crippen LogP contribution in [0.2, 0.25) is 0 Å². The molecule has 5 heteroatoms. The van der Waals surface area contributed by atoms with E-state index < -0.39 is 0 Å². The molecule has 0 radical (unpaired) electrons. The summed E-state index contributed by atoms with van der Waals surface area (Å²) in [5.74, 6) is 1.41. The van der Waals surface area contributed by atoms with Crippen molar-refractivity contribution in [1.82, 2.24) is 4.98 Å². The Bertz CT molecular complexity index is 603. The SMILES string of the molecule is CC(=O)c1[nH]c2cc3c(cc2c1Br)OCO3. The number of nitrogens with one attached hydrogen (secondary N) is 1. The zero-order chi connectivity index (χ0) is 11.3. The van der Waals surface area contributed by atoms with Crippen molar-refractivity contribution in [3.8, 4) is 11.5 Å². The minimum Gasteiger partial charge on any atom is -0.454 e. The highest BCUT2D eigenvalue weighted by Crippen LogP contribution is 2.39. The number of hydrogen-bond acceptors (Lipinski definition) is 3. The third-order valence-electron chi connectivity index (χ3n) is 2.58. The Hall–Kier alpha value is -1.49. The molecule has 82 valence electrons. The molecule has 1 aromatic carbocycles. The van der Waals surface area contributed by atoms with Crippen molar-refractivity contribution < 1.29 is 14.3 Å². The van der Waals surface area contributed by atoms with Gasteiger partial charge in [-0.25, -0.2) is 0 Å². The third-order valence-corrected chi connectivity index (χ3v) is 3.40. The van der Waals surface area contributed by atoms with E-state index >= 15 is 0 Å². The Morgan fingerprint density at radius 1 is 1.38 bits per heavy atom. The van der Waals surface area contributed by atoms with Crippen LogP contribution in [0.5, 0.6) is 11.5 Å². The Balaban J connectivity index is 2.32. The van der Waals surface area contributed by atoms with Crippen LogP contribution in [-0.4, -0.2) is 17.6 Å². The number of H-pyrrole nitrogens is 1. The lowest BCUT2D eigenvalue weighted by molar-refractivity contribution is 0.101. The summed E-state index contributed by atoms with van der Waals surface area (Å²) in [5.41, 5.74) is 1.43. The summed E-state index contributed by atoms with van der Waals surface area (Å²) in [4.78, 5) is 14.4. The van der Waals surface area contributed by atoms with Crippen molar-refractivity contribution in [3.05, 3.63) is 22.3 Å². The van der Waals surface area contributed by atoms with Crippen LogP contribution in [0.3, 0.4) is 0 Å². The first-order chi connectivity index (χ1) is 7.66. The van der Waals surface area contributed by atoms with Gasteiger partial charge < -0.3 is 14.5 Å². The van der Waals surface area contributed by atoms with Crippen molar-refractivity contribution in [3.63, 3.8) is 0 Å². The lowest BCUT2D eigenvalue weighted by Gasteiger charge is -1.95. The van der Waals surface area contributed by atoms with E-state index in [4.69, 9.17) is 9.47 Å². The molecule has 0 saturated carbocycles. The maximum Gasteiger partial charge on any atom is 0.231 e. The number of aromatic nitrogens is 1. The predicted molar refractivity (Wildman–Crippen MR) is 62.1 cm³/mol. The summed E-state index contributed by atoms with van der Waals surface area (Å²) >= 11 is 3.41. The summed E-state index contributed by atoms with van der Waals surface area (Å²) in [7, 11) is 0. The smallest absolute Gasteiger partial charge is 0.231 e. The molecule has 0 amide bonds. The highest BCUT2D eigenvalue weighted by atomic mass is 79.9. The molecule has 2 aromatic rings. The van der Waals surface area contributed by atoms with Gasteiger partial charge in [-0.05, 0) is 22.0 Å². The van der Waals surface area contributed by atoms with Gasteiger partial charge in [-0.3, -0.25) is 4.79 Å². The Kier molecular flexibility index (Phi) is 1.97. The molecule has 2 heterocycles. The number of halogens is 1. The Morgan fingerprint density at radius 2 is 2.06 bits per heavy atom. The van der Waals surface area contributed by atoms with E-state index in [9.17, 15) is 4.79 Å². The van der Waals surface area contributed by atoms with Crippen LogP contribution in [0.25, 0.3) is 10.9 Å². The highest BCUT2D eigenvalue weighted by molar-refractivity contribution is 9.10.